The Balaban J connectivity index is 3.46. The molecule has 0 aliphatic rings. The van der Waals surface area contributed by atoms with Gasteiger partial charge in [-0.05, 0) is 32.6 Å². The van der Waals surface area contributed by atoms with Gasteiger partial charge < -0.3 is 9.16 Å². The molecule has 2 unspecified atom stereocenters. The lowest BCUT2D eigenvalue weighted by Gasteiger charge is -2.18. The van der Waals surface area contributed by atoms with Gasteiger partial charge in [0.2, 0.25) is 0 Å². The van der Waals surface area contributed by atoms with E-state index < -0.39 is 0 Å². The Kier molecular flexibility index (Phi) is 9.78. The Bertz CT molecular complexity index is 120. The second-order valence-corrected chi connectivity index (χ2v) is 4.38. The van der Waals surface area contributed by atoms with Gasteiger partial charge in [0, 0.05) is 12.7 Å². The van der Waals surface area contributed by atoms with Crippen LogP contribution in [0.15, 0.2) is 0 Å². The SMILES string of the molecule is CCCOC(C)CCC(CCC)O[SiH3]. The largest absolute Gasteiger partial charge is 0.425 e. The van der Waals surface area contributed by atoms with Crippen LogP contribution in [-0.2, 0) is 9.16 Å². The van der Waals surface area contributed by atoms with E-state index in [2.05, 4.69) is 20.8 Å². The lowest BCUT2D eigenvalue weighted by molar-refractivity contribution is 0.0497. The second-order valence-electron chi connectivity index (χ2n) is 3.91. The highest BCUT2D eigenvalue weighted by molar-refractivity contribution is 5.98. The van der Waals surface area contributed by atoms with Crippen LogP contribution < -0.4 is 0 Å². The molecule has 0 heterocycles. The van der Waals surface area contributed by atoms with E-state index in [1.807, 2.05) is 0 Å². The van der Waals surface area contributed by atoms with E-state index in [1.54, 1.807) is 0 Å². The van der Waals surface area contributed by atoms with Crippen LogP contribution >= 0.6 is 0 Å². The Morgan fingerprint density at radius 1 is 1.07 bits per heavy atom. The van der Waals surface area contributed by atoms with Crippen LogP contribution in [0.5, 0.6) is 0 Å². The highest BCUT2D eigenvalue weighted by Gasteiger charge is 2.08. The van der Waals surface area contributed by atoms with Crippen LogP contribution in [0.3, 0.4) is 0 Å². The van der Waals surface area contributed by atoms with Crippen molar-refractivity contribution in [3.05, 3.63) is 0 Å². The molecular formula is C11H26O2Si. The Morgan fingerprint density at radius 3 is 2.29 bits per heavy atom. The smallest absolute Gasteiger partial charge is 0.146 e. The highest BCUT2D eigenvalue weighted by atomic mass is 28.2. The topological polar surface area (TPSA) is 18.5 Å². The van der Waals surface area contributed by atoms with Crippen molar-refractivity contribution in [2.24, 2.45) is 0 Å². The summed E-state index contributed by atoms with van der Waals surface area (Å²) < 4.78 is 11.1. The van der Waals surface area contributed by atoms with Gasteiger partial charge in [-0.3, -0.25) is 0 Å². The summed E-state index contributed by atoms with van der Waals surface area (Å²) in [5.41, 5.74) is 0. The first-order chi connectivity index (χ1) is 6.74. The minimum absolute atomic E-state index is 0.395. The molecule has 0 aromatic heterocycles. The average molecular weight is 218 g/mol. The molecule has 0 bridgehead atoms. The first-order valence-electron chi connectivity index (χ1n) is 5.88. The van der Waals surface area contributed by atoms with E-state index in [1.165, 1.54) is 12.8 Å². The molecule has 0 rings (SSSR count). The van der Waals surface area contributed by atoms with E-state index in [9.17, 15) is 0 Å². The van der Waals surface area contributed by atoms with E-state index in [0.29, 0.717) is 12.2 Å². The maximum atomic E-state index is 5.62. The predicted octanol–water partition coefficient (Wildman–Crippen LogP) is 2.05. The zero-order valence-electron chi connectivity index (χ0n) is 10.2. The third-order valence-electron chi connectivity index (χ3n) is 2.45. The molecule has 0 saturated carbocycles. The van der Waals surface area contributed by atoms with Crippen molar-refractivity contribution in [1.82, 2.24) is 0 Å². The molecule has 0 radical (unpaired) electrons. The minimum atomic E-state index is 0.395. The van der Waals surface area contributed by atoms with Gasteiger partial charge in [-0.2, -0.15) is 0 Å². The minimum Gasteiger partial charge on any atom is -0.425 e. The van der Waals surface area contributed by atoms with Crippen LogP contribution in [0.2, 0.25) is 0 Å². The first-order valence-corrected chi connectivity index (χ1v) is 6.70. The molecule has 0 aliphatic heterocycles. The van der Waals surface area contributed by atoms with E-state index in [-0.39, 0.29) is 0 Å². The molecule has 14 heavy (non-hydrogen) atoms. The van der Waals surface area contributed by atoms with Gasteiger partial charge in [-0.25, -0.2) is 0 Å². The van der Waals surface area contributed by atoms with Gasteiger partial charge in [0.15, 0.2) is 0 Å². The molecule has 86 valence electrons. The van der Waals surface area contributed by atoms with Crippen molar-refractivity contribution >= 4 is 10.5 Å². The number of hydrogen-bond acceptors (Lipinski definition) is 2. The van der Waals surface area contributed by atoms with Gasteiger partial charge in [0.05, 0.1) is 6.10 Å². The van der Waals surface area contributed by atoms with Gasteiger partial charge in [0.1, 0.15) is 10.5 Å². The normalized spacial score (nSPS) is 15.6. The summed E-state index contributed by atoms with van der Waals surface area (Å²) >= 11 is 0. The quantitative estimate of drug-likeness (QED) is 0.552. The van der Waals surface area contributed by atoms with Crippen LogP contribution in [0.1, 0.15) is 52.9 Å². The summed E-state index contributed by atoms with van der Waals surface area (Å²) in [6.07, 6.45) is 6.70. The molecule has 0 fully saturated rings. The number of ether oxygens (including phenoxy) is 1. The third kappa shape index (κ3) is 7.53. The second kappa shape index (κ2) is 9.68. The first kappa shape index (κ1) is 14.1. The lowest BCUT2D eigenvalue weighted by Crippen LogP contribution is -2.16. The fourth-order valence-electron chi connectivity index (χ4n) is 1.52. The van der Waals surface area contributed by atoms with Crippen molar-refractivity contribution < 1.29 is 9.16 Å². The fourth-order valence-corrected chi connectivity index (χ4v) is 2.00. The molecule has 0 saturated heterocycles. The summed E-state index contributed by atoms with van der Waals surface area (Å²) in [6, 6.07) is 0. The molecule has 0 N–H and O–H groups in total. The van der Waals surface area contributed by atoms with Crippen molar-refractivity contribution in [3.8, 4) is 0 Å². The lowest BCUT2D eigenvalue weighted by atomic mass is 10.1. The van der Waals surface area contributed by atoms with Crippen molar-refractivity contribution in [1.29, 1.82) is 0 Å². The van der Waals surface area contributed by atoms with Crippen LogP contribution in [0.25, 0.3) is 0 Å². The third-order valence-corrected chi connectivity index (χ3v) is 3.11. The summed E-state index contributed by atoms with van der Waals surface area (Å²) in [7, 11) is 0.859. The summed E-state index contributed by atoms with van der Waals surface area (Å²) in [5.74, 6) is 0. The van der Waals surface area contributed by atoms with E-state index in [4.69, 9.17) is 9.16 Å². The Morgan fingerprint density at radius 2 is 1.79 bits per heavy atom. The molecule has 3 heteroatoms. The summed E-state index contributed by atoms with van der Waals surface area (Å²) in [6.45, 7) is 7.41. The highest BCUT2D eigenvalue weighted by Crippen LogP contribution is 2.11. The maximum Gasteiger partial charge on any atom is 0.146 e. The van der Waals surface area contributed by atoms with E-state index >= 15 is 0 Å². The summed E-state index contributed by atoms with van der Waals surface area (Å²) in [5, 5.41) is 0. The maximum absolute atomic E-state index is 5.62. The Hall–Kier alpha value is 0.137. The molecule has 0 aliphatic carbocycles. The van der Waals surface area contributed by atoms with Crippen LogP contribution in [0.4, 0.5) is 0 Å². The number of hydrogen-bond donors (Lipinski definition) is 0. The monoisotopic (exact) mass is 218 g/mol. The molecule has 0 spiro atoms. The fraction of sp³-hybridized carbons (Fsp3) is 1.00. The zero-order valence-corrected chi connectivity index (χ0v) is 12.2. The molecular weight excluding hydrogens is 192 g/mol. The molecule has 0 aromatic carbocycles. The van der Waals surface area contributed by atoms with Crippen LogP contribution in [-0.4, -0.2) is 29.3 Å². The van der Waals surface area contributed by atoms with Gasteiger partial charge in [-0.15, -0.1) is 0 Å². The van der Waals surface area contributed by atoms with Crippen molar-refractivity contribution in [2.75, 3.05) is 6.61 Å². The van der Waals surface area contributed by atoms with Gasteiger partial charge in [-0.1, -0.05) is 20.3 Å². The van der Waals surface area contributed by atoms with E-state index in [0.717, 1.165) is 36.4 Å². The molecule has 0 amide bonds. The van der Waals surface area contributed by atoms with Crippen molar-refractivity contribution in [3.63, 3.8) is 0 Å². The van der Waals surface area contributed by atoms with Crippen LogP contribution in [0, 0.1) is 0 Å². The molecule has 2 atom stereocenters. The predicted molar refractivity (Wildman–Crippen MR) is 64.7 cm³/mol. The van der Waals surface area contributed by atoms with Crippen molar-refractivity contribution in [2.45, 2.75) is 65.1 Å². The van der Waals surface area contributed by atoms with Gasteiger partial charge >= 0.3 is 0 Å². The molecule has 2 nitrogen and oxygen atoms in total. The van der Waals surface area contributed by atoms with Gasteiger partial charge in [0.25, 0.3) is 0 Å². The molecule has 0 aromatic rings. The standard InChI is InChI=1S/C11H26O2Si/c1-4-6-11(13-14)8-7-10(3)12-9-5-2/h10-11H,4-9H2,1-3,14H3. The Labute approximate surface area is 91.9 Å². The number of rotatable bonds is 9. The summed E-state index contributed by atoms with van der Waals surface area (Å²) in [4.78, 5) is 0. The zero-order chi connectivity index (χ0) is 10.8. The average Bonchev–Trinajstić information content (AvgIpc) is 2.21.